The normalized spacial score (nSPS) is 31.9. The second-order valence-corrected chi connectivity index (χ2v) is 4.05. The van der Waals surface area contributed by atoms with Crippen molar-refractivity contribution in [3.63, 3.8) is 0 Å². The van der Waals surface area contributed by atoms with E-state index in [1.807, 2.05) is 6.92 Å². The molecule has 0 saturated heterocycles. The molecule has 2 atom stereocenters. The lowest BCUT2D eigenvalue weighted by atomic mass is 9.76. The summed E-state index contributed by atoms with van der Waals surface area (Å²) in [5.41, 5.74) is 1.84. The summed E-state index contributed by atoms with van der Waals surface area (Å²) < 4.78 is 5.48. The maximum atomic E-state index is 5.56. The molecular weight excluding hydrogens is 172 g/mol. The van der Waals surface area contributed by atoms with Crippen molar-refractivity contribution in [3.05, 3.63) is 23.8 Å². The Morgan fingerprint density at radius 1 is 1.79 bits per heavy atom. The van der Waals surface area contributed by atoms with Crippen molar-refractivity contribution >= 4 is 0 Å². The molecule has 0 aromatic carbocycles. The van der Waals surface area contributed by atoms with Gasteiger partial charge in [-0.05, 0) is 38.2 Å². The van der Waals surface area contributed by atoms with E-state index in [1.165, 1.54) is 5.57 Å². The number of ether oxygens (including phenoxy) is 1. The summed E-state index contributed by atoms with van der Waals surface area (Å²) in [5, 5.41) is 0. The van der Waals surface area contributed by atoms with E-state index >= 15 is 0 Å². The van der Waals surface area contributed by atoms with Crippen LogP contribution in [0.3, 0.4) is 0 Å². The average Bonchev–Trinajstić information content (AvgIpc) is 2.19. The maximum Gasteiger partial charge on any atom is 0.149 e. The number of rotatable bonds is 2. The lowest BCUT2D eigenvalue weighted by Gasteiger charge is -2.36. The average molecular weight is 190 g/mol. The highest BCUT2D eigenvalue weighted by molar-refractivity contribution is 5.32. The second-order valence-electron chi connectivity index (χ2n) is 4.05. The summed E-state index contributed by atoms with van der Waals surface area (Å²) in [7, 11) is 1.68. The van der Waals surface area contributed by atoms with Crippen molar-refractivity contribution in [2.45, 2.75) is 32.3 Å². The van der Waals surface area contributed by atoms with Crippen molar-refractivity contribution in [1.82, 2.24) is 0 Å². The zero-order valence-corrected chi connectivity index (χ0v) is 9.26. The highest BCUT2D eigenvalue weighted by Gasteiger charge is 2.35. The smallest absolute Gasteiger partial charge is 0.149 e. The summed E-state index contributed by atoms with van der Waals surface area (Å²) in [6.45, 7) is 8.08. The standard InChI is InChI=1S/C13H18O/c1-6-13(14-5)9-12(10(2)3)8-7-11(13)4/h1,7,12H,2,8-9H2,3-5H3. The van der Waals surface area contributed by atoms with Crippen LogP contribution in [0, 0.1) is 18.3 Å². The number of hydrogen-bond acceptors (Lipinski definition) is 1. The molecule has 0 heterocycles. The van der Waals surface area contributed by atoms with Crippen LogP contribution in [0.4, 0.5) is 0 Å². The molecule has 1 heteroatoms. The summed E-state index contributed by atoms with van der Waals surface area (Å²) in [6, 6.07) is 0. The topological polar surface area (TPSA) is 9.23 Å². The van der Waals surface area contributed by atoms with Gasteiger partial charge in [0, 0.05) is 7.11 Å². The monoisotopic (exact) mass is 190 g/mol. The highest BCUT2D eigenvalue weighted by atomic mass is 16.5. The van der Waals surface area contributed by atoms with Gasteiger partial charge in [0.15, 0.2) is 0 Å². The van der Waals surface area contributed by atoms with Crippen LogP contribution in [0.15, 0.2) is 23.8 Å². The van der Waals surface area contributed by atoms with Gasteiger partial charge in [0.05, 0.1) is 0 Å². The Morgan fingerprint density at radius 3 is 2.86 bits per heavy atom. The quantitative estimate of drug-likeness (QED) is 0.480. The van der Waals surface area contributed by atoms with Crippen LogP contribution in [-0.2, 0) is 4.74 Å². The van der Waals surface area contributed by atoms with Gasteiger partial charge in [-0.2, -0.15) is 0 Å². The molecule has 0 aromatic heterocycles. The summed E-state index contributed by atoms with van der Waals surface area (Å²) in [6.07, 6.45) is 9.62. The summed E-state index contributed by atoms with van der Waals surface area (Å²) in [4.78, 5) is 0. The van der Waals surface area contributed by atoms with Gasteiger partial charge in [-0.1, -0.05) is 24.1 Å². The first kappa shape index (κ1) is 11.1. The van der Waals surface area contributed by atoms with E-state index in [9.17, 15) is 0 Å². The predicted molar refractivity (Wildman–Crippen MR) is 59.9 cm³/mol. The molecule has 0 amide bonds. The molecular formula is C13H18O. The van der Waals surface area contributed by atoms with Gasteiger partial charge in [-0.25, -0.2) is 0 Å². The molecule has 1 nitrogen and oxygen atoms in total. The minimum atomic E-state index is -0.498. The molecule has 76 valence electrons. The Labute approximate surface area is 86.8 Å². The van der Waals surface area contributed by atoms with Crippen LogP contribution in [-0.4, -0.2) is 12.7 Å². The Morgan fingerprint density at radius 2 is 2.43 bits per heavy atom. The molecule has 0 aromatic rings. The molecule has 1 rings (SSSR count). The van der Waals surface area contributed by atoms with Gasteiger partial charge in [0.1, 0.15) is 5.60 Å². The molecule has 0 N–H and O–H groups in total. The summed E-state index contributed by atoms with van der Waals surface area (Å²) >= 11 is 0. The number of methoxy groups -OCH3 is 1. The largest absolute Gasteiger partial charge is 0.362 e. The molecule has 14 heavy (non-hydrogen) atoms. The van der Waals surface area contributed by atoms with E-state index in [4.69, 9.17) is 11.2 Å². The number of terminal acetylenes is 1. The third-order valence-electron chi connectivity index (χ3n) is 3.16. The van der Waals surface area contributed by atoms with E-state index in [2.05, 4.69) is 25.5 Å². The highest BCUT2D eigenvalue weighted by Crippen LogP contribution is 2.37. The van der Waals surface area contributed by atoms with Gasteiger partial charge in [-0.15, -0.1) is 6.42 Å². The molecule has 0 fully saturated rings. The number of hydrogen-bond donors (Lipinski definition) is 0. The van der Waals surface area contributed by atoms with E-state index in [0.717, 1.165) is 18.4 Å². The van der Waals surface area contributed by atoms with Crippen molar-refractivity contribution in [2.75, 3.05) is 7.11 Å². The first-order chi connectivity index (χ1) is 6.55. The van der Waals surface area contributed by atoms with Gasteiger partial charge in [-0.3, -0.25) is 0 Å². The van der Waals surface area contributed by atoms with E-state index in [0.29, 0.717) is 5.92 Å². The summed E-state index contributed by atoms with van der Waals surface area (Å²) in [5.74, 6) is 3.22. The fraction of sp³-hybridized carbons (Fsp3) is 0.538. The van der Waals surface area contributed by atoms with Crippen LogP contribution >= 0.6 is 0 Å². The molecule has 0 saturated carbocycles. The van der Waals surface area contributed by atoms with Crippen LogP contribution < -0.4 is 0 Å². The van der Waals surface area contributed by atoms with Crippen molar-refractivity contribution in [2.24, 2.45) is 5.92 Å². The molecule has 0 aliphatic heterocycles. The first-order valence-electron chi connectivity index (χ1n) is 4.91. The fourth-order valence-electron chi connectivity index (χ4n) is 1.93. The van der Waals surface area contributed by atoms with E-state index in [1.54, 1.807) is 7.11 Å². The van der Waals surface area contributed by atoms with Crippen molar-refractivity contribution in [1.29, 1.82) is 0 Å². The van der Waals surface area contributed by atoms with Crippen LogP contribution in [0.25, 0.3) is 0 Å². The fourth-order valence-corrected chi connectivity index (χ4v) is 1.93. The zero-order chi connectivity index (χ0) is 10.8. The van der Waals surface area contributed by atoms with Crippen molar-refractivity contribution in [3.8, 4) is 12.3 Å². The van der Waals surface area contributed by atoms with Gasteiger partial charge in [0.25, 0.3) is 0 Å². The van der Waals surface area contributed by atoms with Crippen LogP contribution in [0.1, 0.15) is 26.7 Å². The molecule has 0 radical (unpaired) electrons. The van der Waals surface area contributed by atoms with Gasteiger partial charge >= 0.3 is 0 Å². The predicted octanol–water partition coefficient (Wildman–Crippen LogP) is 2.94. The Bertz CT molecular complexity index is 306. The van der Waals surface area contributed by atoms with Crippen LogP contribution in [0.2, 0.25) is 0 Å². The Kier molecular flexibility index (Phi) is 3.18. The maximum absolute atomic E-state index is 5.56. The molecule has 1 aliphatic rings. The third-order valence-corrected chi connectivity index (χ3v) is 3.16. The Hall–Kier alpha value is -1.00. The molecule has 0 bridgehead atoms. The zero-order valence-electron chi connectivity index (χ0n) is 9.26. The van der Waals surface area contributed by atoms with Crippen LogP contribution in [0.5, 0.6) is 0 Å². The SMILES string of the molecule is C#CC1(OC)CC(C(=C)C)CC=C1C. The minimum Gasteiger partial charge on any atom is -0.362 e. The minimum absolute atomic E-state index is 0.453. The Balaban J connectivity index is 2.98. The first-order valence-corrected chi connectivity index (χ1v) is 4.91. The second kappa shape index (κ2) is 4.02. The number of allylic oxidation sites excluding steroid dienone is 2. The lowest BCUT2D eigenvalue weighted by Crippen LogP contribution is -2.36. The van der Waals surface area contributed by atoms with Gasteiger partial charge < -0.3 is 4.74 Å². The lowest BCUT2D eigenvalue weighted by molar-refractivity contribution is 0.0489. The molecule has 2 unspecified atom stereocenters. The third kappa shape index (κ3) is 1.76. The molecule has 1 aliphatic carbocycles. The van der Waals surface area contributed by atoms with Crippen molar-refractivity contribution < 1.29 is 4.74 Å². The van der Waals surface area contributed by atoms with Gasteiger partial charge in [0.2, 0.25) is 0 Å². The molecule has 0 spiro atoms. The van der Waals surface area contributed by atoms with E-state index in [-0.39, 0.29) is 0 Å². The van der Waals surface area contributed by atoms with E-state index < -0.39 is 5.60 Å².